The molecule has 1 nitrogen and oxygen atoms in total. The van der Waals surface area contributed by atoms with Crippen molar-refractivity contribution in [2.24, 2.45) is 0 Å². The molecule has 0 aliphatic heterocycles. The molecule has 0 saturated carbocycles. The summed E-state index contributed by atoms with van der Waals surface area (Å²) in [6.07, 6.45) is 0. The second-order valence-corrected chi connectivity index (χ2v) is 2.71. The van der Waals surface area contributed by atoms with E-state index in [2.05, 4.69) is 0 Å². The van der Waals surface area contributed by atoms with Crippen LogP contribution in [0, 0.1) is 6.92 Å². The van der Waals surface area contributed by atoms with E-state index in [4.69, 9.17) is 5.11 Å². The van der Waals surface area contributed by atoms with Gasteiger partial charge in [0.2, 0.25) is 0 Å². The van der Waals surface area contributed by atoms with Crippen LogP contribution >= 0.6 is 11.3 Å². The van der Waals surface area contributed by atoms with E-state index in [9.17, 15) is 0 Å². The standard InChI is InChI=1S/C5H7BOS/c1-3-2-8-5(7)4(3)6/h2,7H,6H2,1H3. The average molecular weight is 126 g/mol. The Kier molecular flexibility index (Phi) is 1.30. The van der Waals surface area contributed by atoms with Gasteiger partial charge in [0.15, 0.2) is 5.06 Å². The van der Waals surface area contributed by atoms with E-state index in [-0.39, 0.29) is 0 Å². The van der Waals surface area contributed by atoms with Crippen LogP contribution < -0.4 is 5.46 Å². The molecule has 1 N–H and O–H groups in total. The molecule has 0 amide bonds. The average Bonchev–Trinajstić information content (AvgIpc) is 1.98. The van der Waals surface area contributed by atoms with E-state index in [0.29, 0.717) is 5.06 Å². The van der Waals surface area contributed by atoms with Crippen LogP contribution in [-0.2, 0) is 0 Å². The van der Waals surface area contributed by atoms with Crippen molar-refractivity contribution >= 4 is 24.6 Å². The van der Waals surface area contributed by atoms with Gasteiger partial charge in [-0.3, -0.25) is 0 Å². The van der Waals surface area contributed by atoms with Gasteiger partial charge >= 0.3 is 0 Å². The highest BCUT2D eigenvalue weighted by atomic mass is 32.1. The van der Waals surface area contributed by atoms with Gasteiger partial charge in [0.25, 0.3) is 0 Å². The lowest BCUT2D eigenvalue weighted by molar-refractivity contribution is 0.494. The summed E-state index contributed by atoms with van der Waals surface area (Å²) in [5.41, 5.74) is 2.18. The first-order valence-corrected chi connectivity index (χ1v) is 3.33. The van der Waals surface area contributed by atoms with Gasteiger partial charge < -0.3 is 5.11 Å². The molecule has 1 rings (SSSR count). The highest BCUT2D eigenvalue weighted by molar-refractivity contribution is 7.13. The van der Waals surface area contributed by atoms with Gasteiger partial charge in [0, 0.05) is 0 Å². The Morgan fingerprint density at radius 2 is 2.38 bits per heavy atom. The number of hydrogen-bond acceptors (Lipinski definition) is 2. The minimum absolute atomic E-state index is 0.447. The van der Waals surface area contributed by atoms with Crippen LogP contribution in [-0.4, -0.2) is 13.0 Å². The third kappa shape index (κ3) is 0.735. The molecule has 0 bridgehead atoms. The summed E-state index contributed by atoms with van der Waals surface area (Å²) in [6, 6.07) is 0. The quantitative estimate of drug-likeness (QED) is 0.486. The molecule has 3 heteroatoms. The zero-order valence-corrected chi connectivity index (χ0v) is 5.75. The Balaban J connectivity index is 3.19. The number of hydrogen-bond donors (Lipinski definition) is 1. The molecule has 1 heterocycles. The van der Waals surface area contributed by atoms with Crippen LogP contribution in [0.5, 0.6) is 5.06 Å². The fourth-order valence-electron chi connectivity index (χ4n) is 0.490. The second-order valence-electron chi connectivity index (χ2n) is 1.85. The Labute approximate surface area is 53.4 Å². The molecule has 0 aromatic carbocycles. The van der Waals surface area contributed by atoms with Crippen LogP contribution in [0.1, 0.15) is 5.56 Å². The maximum atomic E-state index is 8.96. The van der Waals surface area contributed by atoms with Gasteiger partial charge in [-0.2, -0.15) is 0 Å². The lowest BCUT2D eigenvalue weighted by Crippen LogP contribution is -2.00. The summed E-state index contributed by atoms with van der Waals surface area (Å²) in [4.78, 5) is 0. The van der Waals surface area contributed by atoms with Crippen molar-refractivity contribution < 1.29 is 5.11 Å². The van der Waals surface area contributed by atoms with Crippen LogP contribution in [0.2, 0.25) is 0 Å². The van der Waals surface area contributed by atoms with Gasteiger partial charge in [-0.15, -0.1) is 11.3 Å². The topological polar surface area (TPSA) is 20.2 Å². The molecular formula is C5H7BOS. The third-order valence-corrected chi connectivity index (χ3v) is 2.26. The summed E-state index contributed by atoms with van der Waals surface area (Å²) < 4.78 is 0. The fraction of sp³-hybridized carbons (Fsp3) is 0.200. The van der Waals surface area contributed by atoms with Gasteiger partial charge in [0.05, 0.1) is 0 Å². The monoisotopic (exact) mass is 126 g/mol. The molecule has 8 heavy (non-hydrogen) atoms. The van der Waals surface area contributed by atoms with E-state index in [1.54, 1.807) is 0 Å². The van der Waals surface area contributed by atoms with Crippen molar-refractivity contribution in [2.45, 2.75) is 6.92 Å². The van der Waals surface area contributed by atoms with Crippen molar-refractivity contribution in [1.29, 1.82) is 0 Å². The molecule has 0 unspecified atom stereocenters. The number of aryl methyl sites for hydroxylation is 1. The lowest BCUT2D eigenvalue weighted by atomic mass is 9.96. The molecule has 0 aliphatic carbocycles. The maximum Gasteiger partial charge on any atom is 0.164 e. The van der Waals surface area contributed by atoms with Gasteiger partial charge in [-0.05, 0) is 23.3 Å². The smallest absolute Gasteiger partial charge is 0.164 e. The second kappa shape index (κ2) is 1.82. The number of rotatable bonds is 0. The molecule has 1 aromatic rings. The first kappa shape index (κ1) is 5.70. The largest absolute Gasteiger partial charge is 0.500 e. The third-order valence-electron chi connectivity index (χ3n) is 1.26. The van der Waals surface area contributed by atoms with Gasteiger partial charge in [0.1, 0.15) is 7.85 Å². The highest BCUT2D eigenvalue weighted by Crippen LogP contribution is 2.15. The summed E-state index contributed by atoms with van der Waals surface area (Å²) in [7, 11) is 1.92. The summed E-state index contributed by atoms with van der Waals surface area (Å²) >= 11 is 1.39. The highest BCUT2D eigenvalue weighted by Gasteiger charge is 1.98. The molecular weight excluding hydrogens is 119 g/mol. The molecule has 0 fully saturated rings. The Morgan fingerprint density at radius 1 is 1.75 bits per heavy atom. The minimum atomic E-state index is 0.447. The summed E-state index contributed by atoms with van der Waals surface area (Å²) in [6.45, 7) is 1.99. The first-order valence-electron chi connectivity index (χ1n) is 2.45. The van der Waals surface area contributed by atoms with Gasteiger partial charge in [-0.25, -0.2) is 0 Å². The van der Waals surface area contributed by atoms with Crippen LogP contribution in [0.4, 0.5) is 0 Å². The van der Waals surface area contributed by atoms with Crippen LogP contribution in [0.3, 0.4) is 0 Å². The maximum absolute atomic E-state index is 8.96. The SMILES string of the molecule is Bc1c(C)csc1O. The lowest BCUT2D eigenvalue weighted by Gasteiger charge is -1.85. The molecule has 0 spiro atoms. The normalized spacial score (nSPS) is 9.62. The molecule has 0 atom stereocenters. The van der Waals surface area contributed by atoms with Gasteiger partial charge in [-0.1, -0.05) is 0 Å². The molecule has 0 saturated heterocycles. The van der Waals surface area contributed by atoms with Crippen LogP contribution in [0.15, 0.2) is 5.38 Å². The van der Waals surface area contributed by atoms with Crippen molar-refractivity contribution in [3.8, 4) is 5.06 Å². The zero-order chi connectivity index (χ0) is 6.15. The van der Waals surface area contributed by atoms with Crippen molar-refractivity contribution in [1.82, 2.24) is 0 Å². The molecule has 1 aromatic heterocycles. The molecule has 0 radical (unpaired) electrons. The minimum Gasteiger partial charge on any atom is -0.500 e. The van der Waals surface area contributed by atoms with E-state index >= 15 is 0 Å². The molecule has 0 aliphatic rings. The fourth-order valence-corrected chi connectivity index (χ4v) is 1.29. The number of thiophene rings is 1. The van der Waals surface area contributed by atoms with E-state index in [0.717, 1.165) is 5.46 Å². The predicted octanol–water partition coefficient (Wildman–Crippen LogP) is 0.0205. The van der Waals surface area contributed by atoms with E-state index < -0.39 is 0 Å². The number of aromatic hydroxyl groups is 1. The van der Waals surface area contributed by atoms with Crippen molar-refractivity contribution in [3.05, 3.63) is 10.9 Å². The molecule has 42 valence electrons. The Morgan fingerprint density at radius 3 is 2.50 bits per heavy atom. The van der Waals surface area contributed by atoms with E-state index in [1.165, 1.54) is 16.9 Å². The van der Waals surface area contributed by atoms with Crippen molar-refractivity contribution in [3.63, 3.8) is 0 Å². The summed E-state index contributed by atoms with van der Waals surface area (Å²) in [5, 5.41) is 11.4. The Hall–Kier alpha value is -0.435. The van der Waals surface area contributed by atoms with Crippen LogP contribution in [0.25, 0.3) is 0 Å². The van der Waals surface area contributed by atoms with Crippen molar-refractivity contribution in [2.75, 3.05) is 0 Å². The predicted molar refractivity (Wildman–Crippen MR) is 38.9 cm³/mol. The summed E-state index contributed by atoms with van der Waals surface area (Å²) in [5.74, 6) is 0. The Bertz CT molecular complexity index is 175. The van der Waals surface area contributed by atoms with E-state index in [1.807, 2.05) is 20.2 Å². The first-order chi connectivity index (χ1) is 3.72. The zero-order valence-electron chi connectivity index (χ0n) is 4.93.